The van der Waals surface area contributed by atoms with Gasteiger partial charge in [0.25, 0.3) is 0 Å². The normalized spacial score (nSPS) is 15.5. The monoisotopic (exact) mass is 519 g/mol. The summed E-state index contributed by atoms with van der Waals surface area (Å²) in [4.78, 5) is 35.9. The summed E-state index contributed by atoms with van der Waals surface area (Å²) in [5.74, 6) is 4.61. The maximum Gasteiger partial charge on any atom is 0.248 e. The molecule has 0 aliphatic carbocycles. The SMILES string of the molecule is CC(C)(C)Cc1c(SC(C)(C)C)[nH]c2c(CN3CCN(C(=O)CNC(=O)CON)CC3)c(O)ccc12. The molecule has 1 aromatic heterocycles. The lowest BCUT2D eigenvalue weighted by Gasteiger charge is -2.35. The number of aromatic nitrogens is 1. The van der Waals surface area contributed by atoms with E-state index in [4.69, 9.17) is 5.90 Å². The Balaban J connectivity index is 1.76. The highest BCUT2D eigenvalue weighted by atomic mass is 32.2. The molecule has 2 amide bonds. The van der Waals surface area contributed by atoms with Crippen molar-refractivity contribution in [1.82, 2.24) is 20.1 Å². The quantitative estimate of drug-likeness (QED) is 0.312. The highest BCUT2D eigenvalue weighted by Crippen LogP contribution is 2.42. The molecule has 36 heavy (non-hydrogen) atoms. The number of rotatable bonds is 8. The number of piperazine rings is 1. The molecule has 9 nitrogen and oxygen atoms in total. The highest BCUT2D eigenvalue weighted by molar-refractivity contribution is 8.00. The topological polar surface area (TPSA) is 124 Å². The van der Waals surface area contributed by atoms with E-state index in [1.165, 1.54) is 5.56 Å². The van der Waals surface area contributed by atoms with Crippen molar-refractivity contribution >= 4 is 34.5 Å². The van der Waals surface area contributed by atoms with Gasteiger partial charge in [-0.1, -0.05) is 41.5 Å². The van der Waals surface area contributed by atoms with Gasteiger partial charge >= 0.3 is 0 Å². The van der Waals surface area contributed by atoms with E-state index in [2.05, 4.69) is 61.6 Å². The van der Waals surface area contributed by atoms with Crippen LogP contribution in [0, 0.1) is 5.41 Å². The van der Waals surface area contributed by atoms with Gasteiger partial charge in [0.2, 0.25) is 11.8 Å². The molecule has 10 heteroatoms. The van der Waals surface area contributed by atoms with Crippen molar-refractivity contribution in [1.29, 1.82) is 0 Å². The van der Waals surface area contributed by atoms with Crippen LogP contribution in [0.2, 0.25) is 0 Å². The van der Waals surface area contributed by atoms with Crippen molar-refractivity contribution in [2.75, 3.05) is 39.3 Å². The molecule has 1 fully saturated rings. The number of hydrogen-bond acceptors (Lipinski definition) is 7. The number of phenolic OH excluding ortho intramolecular Hbond substituents is 1. The molecule has 0 radical (unpaired) electrons. The lowest BCUT2D eigenvalue weighted by atomic mass is 9.88. The van der Waals surface area contributed by atoms with Gasteiger partial charge in [-0.3, -0.25) is 19.3 Å². The molecule has 1 aliphatic rings. The van der Waals surface area contributed by atoms with Crippen LogP contribution in [0.5, 0.6) is 5.75 Å². The van der Waals surface area contributed by atoms with Crippen LogP contribution in [0.15, 0.2) is 17.2 Å². The zero-order chi connectivity index (χ0) is 26.7. The Kier molecular flexibility index (Phi) is 8.97. The maximum atomic E-state index is 12.4. The van der Waals surface area contributed by atoms with Crippen molar-refractivity contribution in [3.63, 3.8) is 0 Å². The first-order valence-electron chi connectivity index (χ1n) is 12.4. The van der Waals surface area contributed by atoms with Gasteiger partial charge in [-0.2, -0.15) is 0 Å². The van der Waals surface area contributed by atoms with Gasteiger partial charge in [-0.05, 0) is 29.5 Å². The molecule has 0 unspecified atom stereocenters. The first-order valence-corrected chi connectivity index (χ1v) is 13.2. The van der Waals surface area contributed by atoms with E-state index in [1.54, 1.807) is 11.0 Å². The molecule has 1 saturated heterocycles. The summed E-state index contributed by atoms with van der Waals surface area (Å²) in [5.41, 5.74) is 3.30. The van der Waals surface area contributed by atoms with E-state index in [0.29, 0.717) is 32.7 Å². The van der Waals surface area contributed by atoms with Gasteiger partial charge in [0.05, 0.1) is 17.1 Å². The fourth-order valence-electron chi connectivity index (χ4n) is 4.39. The largest absolute Gasteiger partial charge is 0.508 e. The minimum Gasteiger partial charge on any atom is -0.508 e. The molecule has 2 aromatic rings. The van der Waals surface area contributed by atoms with Crippen molar-refractivity contribution < 1.29 is 19.5 Å². The second kappa shape index (κ2) is 11.4. The Morgan fingerprint density at radius 3 is 2.36 bits per heavy atom. The molecular weight excluding hydrogens is 478 g/mol. The average molecular weight is 520 g/mol. The van der Waals surface area contributed by atoms with Crippen LogP contribution in [-0.2, 0) is 27.4 Å². The molecule has 0 spiro atoms. The van der Waals surface area contributed by atoms with Crippen LogP contribution in [0.25, 0.3) is 10.9 Å². The number of carbonyl (C=O) groups excluding carboxylic acids is 2. The van der Waals surface area contributed by atoms with E-state index in [0.717, 1.165) is 27.9 Å². The van der Waals surface area contributed by atoms with Gasteiger partial charge in [0, 0.05) is 48.4 Å². The number of fused-ring (bicyclic) bond motifs is 1. The first kappa shape index (κ1) is 28.3. The van der Waals surface area contributed by atoms with Gasteiger partial charge < -0.3 is 20.3 Å². The summed E-state index contributed by atoms with van der Waals surface area (Å²) in [5, 5.41) is 15.7. The van der Waals surface area contributed by atoms with Gasteiger partial charge in [0.15, 0.2) is 0 Å². The minimum atomic E-state index is -0.422. The fraction of sp³-hybridized carbons (Fsp3) is 0.615. The van der Waals surface area contributed by atoms with Crippen LogP contribution in [-0.4, -0.2) is 75.8 Å². The third kappa shape index (κ3) is 7.61. The molecule has 5 N–H and O–H groups in total. The van der Waals surface area contributed by atoms with Crippen molar-refractivity contribution in [3.8, 4) is 5.75 Å². The third-order valence-electron chi connectivity index (χ3n) is 6.00. The molecule has 1 aliphatic heterocycles. The number of nitrogens with zero attached hydrogens (tertiary/aromatic N) is 2. The summed E-state index contributed by atoms with van der Waals surface area (Å²) < 4.78 is 0.0510. The maximum absolute atomic E-state index is 12.4. The second-order valence-corrected chi connectivity index (χ2v) is 13.5. The summed E-state index contributed by atoms with van der Waals surface area (Å²) >= 11 is 1.83. The van der Waals surface area contributed by atoms with Crippen LogP contribution >= 0.6 is 11.8 Å². The van der Waals surface area contributed by atoms with E-state index in [-0.39, 0.29) is 35.0 Å². The molecule has 1 aromatic carbocycles. The number of aromatic amines is 1. The standard InChI is InChI=1S/C26H41N5O4S/c1-25(2,3)13-18-17-7-8-20(32)19(23(17)29-24(18)36-26(4,5)6)15-30-9-11-31(12-10-30)22(34)14-28-21(33)16-35-27/h7-8,29,32H,9-16,27H2,1-6H3,(H,28,33). The highest BCUT2D eigenvalue weighted by Gasteiger charge is 2.26. The summed E-state index contributed by atoms with van der Waals surface area (Å²) in [6.07, 6.45) is 0.935. The molecule has 3 rings (SSSR count). The number of H-pyrrole nitrogens is 1. The lowest BCUT2D eigenvalue weighted by molar-refractivity contribution is -0.135. The first-order chi connectivity index (χ1) is 16.8. The molecule has 0 saturated carbocycles. The summed E-state index contributed by atoms with van der Waals surface area (Å²) in [7, 11) is 0. The Labute approximate surface area is 218 Å². The van der Waals surface area contributed by atoms with Crippen LogP contribution in [0.3, 0.4) is 0 Å². The molecule has 0 atom stereocenters. The van der Waals surface area contributed by atoms with E-state index >= 15 is 0 Å². The molecular formula is C26H41N5O4S. The van der Waals surface area contributed by atoms with Gasteiger partial charge in [-0.25, -0.2) is 5.90 Å². The Hall–Kier alpha value is -2.27. The van der Waals surface area contributed by atoms with Crippen molar-refractivity contribution in [2.45, 2.75) is 64.3 Å². The number of hydrogen-bond donors (Lipinski definition) is 4. The van der Waals surface area contributed by atoms with Gasteiger partial charge in [-0.15, -0.1) is 11.8 Å². The van der Waals surface area contributed by atoms with Crippen molar-refractivity contribution in [3.05, 3.63) is 23.3 Å². The number of benzene rings is 1. The zero-order valence-corrected chi connectivity index (χ0v) is 23.2. The number of aromatic hydroxyl groups is 1. The lowest BCUT2D eigenvalue weighted by Crippen LogP contribution is -2.51. The molecule has 200 valence electrons. The Morgan fingerprint density at radius 1 is 1.11 bits per heavy atom. The van der Waals surface area contributed by atoms with Crippen LogP contribution < -0.4 is 11.2 Å². The van der Waals surface area contributed by atoms with Gasteiger partial charge in [0.1, 0.15) is 12.4 Å². The number of amides is 2. The summed E-state index contributed by atoms with van der Waals surface area (Å²) in [6.45, 7) is 16.1. The molecule has 0 bridgehead atoms. The number of thioether (sulfide) groups is 1. The number of phenols is 1. The zero-order valence-electron chi connectivity index (χ0n) is 22.4. The second-order valence-electron chi connectivity index (χ2n) is 11.6. The van der Waals surface area contributed by atoms with E-state index in [1.807, 2.05) is 17.8 Å². The average Bonchev–Trinajstić information content (AvgIpc) is 3.08. The van der Waals surface area contributed by atoms with E-state index in [9.17, 15) is 14.7 Å². The smallest absolute Gasteiger partial charge is 0.248 e. The van der Waals surface area contributed by atoms with Crippen molar-refractivity contribution in [2.24, 2.45) is 11.3 Å². The van der Waals surface area contributed by atoms with Crippen LogP contribution in [0.1, 0.15) is 52.7 Å². The number of nitrogens with two attached hydrogens (primary N) is 1. The number of carbonyl (C=O) groups is 2. The predicted molar refractivity (Wildman–Crippen MR) is 144 cm³/mol. The van der Waals surface area contributed by atoms with Crippen LogP contribution in [0.4, 0.5) is 0 Å². The number of nitrogens with one attached hydrogen (secondary N) is 2. The summed E-state index contributed by atoms with van der Waals surface area (Å²) in [6, 6.07) is 3.83. The Morgan fingerprint density at radius 2 is 1.78 bits per heavy atom. The third-order valence-corrected chi connectivity index (χ3v) is 7.16. The fourth-order valence-corrected chi connectivity index (χ4v) is 5.46. The van der Waals surface area contributed by atoms with E-state index < -0.39 is 5.91 Å². The minimum absolute atomic E-state index is 0.0510. The molecule has 2 heterocycles. The predicted octanol–water partition coefficient (Wildman–Crippen LogP) is 3.00. The Bertz CT molecular complexity index is 1080.